The predicted octanol–water partition coefficient (Wildman–Crippen LogP) is 0.676. The Hall–Kier alpha value is -1.14. The lowest BCUT2D eigenvalue weighted by molar-refractivity contribution is -0.136. The van der Waals surface area contributed by atoms with E-state index in [1.165, 1.54) is 0 Å². The molecule has 2 N–H and O–H groups in total. The number of amides is 1. The minimum atomic E-state index is 0. The van der Waals surface area contributed by atoms with Crippen molar-refractivity contribution in [2.75, 3.05) is 13.1 Å². The van der Waals surface area contributed by atoms with E-state index in [4.69, 9.17) is 5.73 Å². The van der Waals surface area contributed by atoms with Crippen molar-refractivity contribution in [2.45, 2.75) is 38.8 Å². The van der Waals surface area contributed by atoms with Crippen LogP contribution in [0.2, 0.25) is 0 Å². The Labute approximate surface area is 119 Å². The van der Waals surface area contributed by atoms with Crippen LogP contribution >= 0.6 is 12.4 Å². The molecule has 2 rings (SSSR count). The number of carbonyl (C=O) groups is 1. The number of hydrogen-bond donors (Lipinski definition) is 1. The van der Waals surface area contributed by atoms with Crippen LogP contribution in [-0.4, -0.2) is 44.9 Å². The van der Waals surface area contributed by atoms with E-state index in [2.05, 4.69) is 17.2 Å². The Bertz CT molecular complexity index is 383. The zero-order valence-electron chi connectivity index (χ0n) is 11.2. The molecule has 1 aliphatic heterocycles. The van der Waals surface area contributed by atoms with Gasteiger partial charge in [-0.15, -0.1) is 17.5 Å². The van der Waals surface area contributed by atoms with Gasteiger partial charge in [-0.05, 0) is 18.8 Å². The maximum absolute atomic E-state index is 12.2. The number of halogens is 1. The molecule has 2 heterocycles. The van der Waals surface area contributed by atoms with Gasteiger partial charge in [-0.2, -0.15) is 0 Å². The van der Waals surface area contributed by atoms with Crippen LogP contribution in [0.3, 0.4) is 0 Å². The Morgan fingerprint density at radius 1 is 1.53 bits per heavy atom. The summed E-state index contributed by atoms with van der Waals surface area (Å²) in [5.41, 5.74) is 5.79. The van der Waals surface area contributed by atoms with Crippen LogP contribution in [0, 0.1) is 5.92 Å². The molecule has 0 bridgehead atoms. The normalized spacial score (nSPS) is 22.9. The lowest BCUT2D eigenvalue weighted by atomic mass is 9.90. The first kappa shape index (κ1) is 15.9. The second kappa shape index (κ2) is 7.45. The highest BCUT2D eigenvalue weighted by atomic mass is 35.5. The molecular formula is C12H22ClN5O. The van der Waals surface area contributed by atoms with E-state index in [1.807, 2.05) is 4.90 Å². The minimum absolute atomic E-state index is 0. The predicted molar refractivity (Wildman–Crippen MR) is 74.8 cm³/mol. The van der Waals surface area contributed by atoms with E-state index in [1.54, 1.807) is 17.1 Å². The van der Waals surface area contributed by atoms with E-state index in [0.717, 1.165) is 19.4 Å². The minimum Gasteiger partial charge on any atom is -0.338 e. The van der Waals surface area contributed by atoms with Crippen molar-refractivity contribution < 1.29 is 4.79 Å². The second-order valence-electron chi connectivity index (χ2n) is 4.93. The maximum atomic E-state index is 12.2. The zero-order chi connectivity index (χ0) is 13.0. The molecule has 1 saturated heterocycles. The summed E-state index contributed by atoms with van der Waals surface area (Å²) in [7, 11) is 0. The highest BCUT2D eigenvalue weighted by Crippen LogP contribution is 2.23. The van der Waals surface area contributed by atoms with Gasteiger partial charge in [-0.1, -0.05) is 12.1 Å². The molecule has 2 atom stereocenters. The number of rotatable bonds is 4. The fourth-order valence-corrected chi connectivity index (χ4v) is 2.62. The molecule has 0 spiro atoms. The molecule has 7 heteroatoms. The summed E-state index contributed by atoms with van der Waals surface area (Å²) in [6.07, 6.45) is 6.09. The Balaban J connectivity index is 0.00000180. The quantitative estimate of drug-likeness (QED) is 0.883. The monoisotopic (exact) mass is 287 g/mol. The van der Waals surface area contributed by atoms with Crippen molar-refractivity contribution in [1.82, 2.24) is 19.9 Å². The van der Waals surface area contributed by atoms with Gasteiger partial charge in [0, 0.05) is 31.7 Å². The molecule has 2 unspecified atom stereocenters. The van der Waals surface area contributed by atoms with E-state index in [9.17, 15) is 4.79 Å². The molecular weight excluding hydrogens is 266 g/mol. The number of likely N-dealkylation sites (tertiary alicyclic amines) is 1. The number of nitrogens with zero attached hydrogens (tertiary/aromatic N) is 4. The lowest BCUT2D eigenvalue weighted by Gasteiger charge is -2.39. The van der Waals surface area contributed by atoms with Gasteiger partial charge in [0.25, 0.3) is 0 Å². The molecule has 1 fully saturated rings. The molecule has 0 aromatic carbocycles. The standard InChI is InChI=1S/C12H21N5O.ClH/c1-10-3-2-6-17(11(10)9-13)12(18)4-7-16-8-5-14-15-16;/h5,8,10-11H,2-4,6-7,9,13H2,1H3;1H. The van der Waals surface area contributed by atoms with Crippen LogP contribution in [0.1, 0.15) is 26.2 Å². The lowest BCUT2D eigenvalue weighted by Crippen LogP contribution is -2.51. The highest BCUT2D eigenvalue weighted by molar-refractivity contribution is 5.85. The smallest absolute Gasteiger partial charge is 0.224 e. The van der Waals surface area contributed by atoms with Crippen molar-refractivity contribution in [2.24, 2.45) is 11.7 Å². The average Bonchev–Trinajstić information content (AvgIpc) is 2.88. The molecule has 1 aromatic rings. The van der Waals surface area contributed by atoms with E-state index in [-0.39, 0.29) is 24.4 Å². The number of carbonyl (C=O) groups excluding carboxylic acids is 1. The molecule has 1 aromatic heterocycles. The zero-order valence-corrected chi connectivity index (χ0v) is 12.1. The Morgan fingerprint density at radius 2 is 2.32 bits per heavy atom. The third-order valence-electron chi connectivity index (χ3n) is 3.70. The van der Waals surface area contributed by atoms with E-state index < -0.39 is 0 Å². The van der Waals surface area contributed by atoms with E-state index in [0.29, 0.717) is 25.4 Å². The van der Waals surface area contributed by atoms with E-state index >= 15 is 0 Å². The molecule has 0 aliphatic carbocycles. The Morgan fingerprint density at radius 3 is 2.95 bits per heavy atom. The molecule has 19 heavy (non-hydrogen) atoms. The maximum Gasteiger partial charge on any atom is 0.224 e. The van der Waals surface area contributed by atoms with Crippen LogP contribution in [0.25, 0.3) is 0 Å². The molecule has 6 nitrogen and oxygen atoms in total. The molecule has 1 amide bonds. The fourth-order valence-electron chi connectivity index (χ4n) is 2.62. The number of hydrogen-bond acceptors (Lipinski definition) is 4. The first-order valence-corrected chi connectivity index (χ1v) is 6.56. The van der Waals surface area contributed by atoms with Crippen molar-refractivity contribution in [3.05, 3.63) is 12.4 Å². The van der Waals surface area contributed by atoms with Gasteiger partial charge >= 0.3 is 0 Å². The van der Waals surface area contributed by atoms with Gasteiger partial charge < -0.3 is 10.6 Å². The summed E-state index contributed by atoms with van der Waals surface area (Å²) in [6, 6.07) is 0.196. The van der Waals surface area contributed by atoms with Crippen LogP contribution in [-0.2, 0) is 11.3 Å². The summed E-state index contributed by atoms with van der Waals surface area (Å²) in [6.45, 7) is 4.15. The first-order chi connectivity index (χ1) is 8.72. The number of aryl methyl sites for hydroxylation is 1. The SMILES string of the molecule is CC1CCCN(C(=O)CCn2ccnn2)C1CN.Cl. The number of piperidine rings is 1. The molecule has 108 valence electrons. The van der Waals surface area contributed by atoms with Crippen molar-refractivity contribution in [3.8, 4) is 0 Å². The van der Waals surface area contributed by atoms with Gasteiger partial charge in [-0.25, -0.2) is 0 Å². The van der Waals surface area contributed by atoms with Crippen LogP contribution in [0.4, 0.5) is 0 Å². The van der Waals surface area contributed by atoms with Crippen LogP contribution < -0.4 is 5.73 Å². The average molecular weight is 288 g/mol. The topological polar surface area (TPSA) is 77.0 Å². The molecule has 0 radical (unpaired) electrons. The Kier molecular flexibility index (Phi) is 6.24. The second-order valence-corrected chi connectivity index (χ2v) is 4.93. The third kappa shape index (κ3) is 3.91. The number of aromatic nitrogens is 3. The summed E-state index contributed by atoms with van der Waals surface area (Å²) in [5, 5.41) is 7.58. The molecule has 0 saturated carbocycles. The van der Waals surface area contributed by atoms with Crippen molar-refractivity contribution in [3.63, 3.8) is 0 Å². The summed E-state index contributed by atoms with van der Waals surface area (Å²) >= 11 is 0. The fraction of sp³-hybridized carbons (Fsp3) is 0.750. The summed E-state index contributed by atoms with van der Waals surface area (Å²) in [4.78, 5) is 14.2. The summed E-state index contributed by atoms with van der Waals surface area (Å²) in [5.74, 6) is 0.673. The van der Waals surface area contributed by atoms with Crippen LogP contribution in [0.15, 0.2) is 12.4 Å². The van der Waals surface area contributed by atoms with Crippen molar-refractivity contribution in [1.29, 1.82) is 0 Å². The van der Waals surface area contributed by atoms with Gasteiger partial charge in [-0.3, -0.25) is 9.48 Å². The number of nitrogens with two attached hydrogens (primary N) is 1. The molecule has 1 aliphatic rings. The third-order valence-corrected chi connectivity index (χ3v) is 3.70. The van der Waals surface area contributed by atoms with Crippen molar-refractivity contribution >= 4 is 18.3 Å². The van der Waals surface area contributed by atoms with Gasteiger partial charge in [0.15, 0.2) is 0 Å². The first-order valence-electron chi connectivity index (χ1n) is 6.56. The highest BCUT2D eigenvalue weighted by Gasteiger charge is 2.30. The summed E-state index contributed by atoms with van der Waals surface area (Å²) < 4.78 is 1.68. The van der Waals surface area contributed by atoms with Gasteiger partial charge in [0.2, 0.25) is 5.91 Å². The van der Waals surface area contributed by atoms with Gasteiger partial charge in [0.05, 0.1) is 12.7 Å². The largest absolute Gasteiger partial charge is 0.338 e. The van der Waals surface area contributed by atoms with Crippen LogP contribution in [0.5, 0.6) is 0 Å². The van der Waals surface area contributed by atoms with Gasteiger partial charge in [0.1, 0.15) is 0 Å².